The van der Waals surface area contributed by atoms with Crippen LogP contribution in [0.25, 0.3) is 11.4 Å². The highest BCUT2D eigenvalue weighted by Gasteiger charge is 2.27. The van der Waals surface area contributed by atoms with Gasteiger partial charge in [0.25, 0.3) is 0 Å². The Morgan fingerprint density at radius 2 is 2.04 bits per heavy atom. The molecule has 7 heteroatoms. The maximum Gasteiger partial charge on any atom is 0.227 e. The maximum atomic E-state index is 12.4. The summed E-state index contributed by atoms with van der Waals surface area (Å²) in [6.45, 7) is 10.1. The summed E-state index contributed by atoms with van der Waals surface area (Å²) in [5.74, 6) is 1.29. The lowest BCUT2D eigenvalue weighted by atomic mass is 10.0. The van der Waals surface area contributed by atoms with Crippen molar-refractivity contribution in [3.8, 4) is 11.4 Å². The van der Waals surface area contributed by atoms with Gasteiger partial charge in [0, 0.05) is 55.5 Å². The number of carbonyl (C=O) groups excluding carboxylic acids is 1. The highest BCUT2D eigenvalue weighted by Crippen LogP contribution is 2.19. The lowest BCUT2D eigenvalue weighted by Gasteiger charge is -2.42. The minimum atomic E-state index is 0.164. The predicted octanol–water partition coefficient (Wildman–Crippen LogP) is 2.67. The molecule has 0 spiro atoms. The topological polar surface area (TPSA) is 62.5 Å². The average Bonchev–Trinajstić information content (AvgIpc) is 3.23. The summed E-state index contributed by atoms with van der Waals surface area (Å²) >= 11 is 1.60. The van der Waals surface area contributed by atoms with E-state index in [-0.39, 0.29) is 11.4 Å². The first-order valence-corrected chi connectivity index (χ1v) is 9.26. The van der Waals surface area contributed by atoms with Crippen molar-refractivity contribution in [2.24, 2.45) is 0 Å². The molecule has 0 atom stereocenters. The van der Waals surface area contributed by atoms with E-state index in [2.05, 4.69) is 35.8 Å². The van der Waals surface area contributed by atoms with Gasteiger partial charge in [-0.05, 0) is 32.2 Å². The first kappa shape index (κ1) is 17.1. The Bertz CT molecular complexity index is 667. The van der Waals surface area contributed by atoms with E-state index in [9.17, 15) is 4.79 Å². The zero-order chi connectivity index (χ0) is 17.2. The number of hydrogen-bond donors (Lipinski definition) is 0. The Morgan fingerprint density at radius 3 is 2.67 bits per heavy atom. The normalized spacial score (nSPS) is 16.5. The summed E-state index contributed by atoms with van der Waals surface area (Å²) in [7, 11) is 0. The van der Waals surface area contributed by atoms with Crippen LogP contribution in [0.4, 0.5) is 0 Å². The largest absolute Gasteiger partial charge is 0.340 e. The van der Waals surface area contributed by atoms with Gasteiger partial charge in [0.05, 0.1) is 0 Å². The van der Waals surface area contributed by atoms with Gasteiger partial charge < -0.3 is 9.42 Å². The fraction of sp³-hybridized carbons (Fsp3) is 0.588. The number of hydrogen-bond acceptors (Lipinski definition) is 6. The Balaban J connectivity index is 1.48. The third-order valence-corrected chi connectivity index (χ3v) is 5.06. The molecule has 0 bridgehead atoms. The third-order valence-electron chi connectivity index (χ3n) is 4.38. The fourth-order valence-electron chi connectivity index (χ4n) is 2.86. The van der Waals surface area contributed by atoms with Gasteiger partial charge in [-0.2, -0.15) is 16.3 Å². The number of carbonyl (C=O) groups is 1. The summed E-state index contributed by atoms with van der Waals surface area (Å²) in [4.78, 5) is 21.1. The van der Waals surface area contributed by atoms with Crippen LogP contribution in [-0.2, 0) is 11.2 Å². The van der Waals surface area contributed by atoms with Crippen LogP contribution < -0.4 is 0 Å². The van der Waals surface area contributed by atoms with Crippen LogP contribution >= 0.6 is 11.3 Å². The van der Waals surface area contributed by atoms with Gasteiger partial charge in [-0.3, -0.25) is 9.69 Å². The zero-order valence-corrected chi connectivity index (χ0v) is 15.3. The Kier molecular flexibility index (Phi) is 5.01. The van der Waals surface area contributed by atoms with Gasteiger partial charge in [-0.15, -0.1) is 0 Å². The highest BCUT2D eigenvalue weighted by atomic mass is 32.1. The molecule has 1 aliphatic rings. The second kappa shape index (κ2) is 7.03. The molecule has 1 saturated heterocycles. The summed E-state index contributed by atoms with van der Waals surface area (Å²) in [5, 5.41) is 7.93. The van der Waals surface area contributed by atoms with Crippen LogP contribution in [0.15, 0.2) is 21.3 Å². The second-order valence-corrected chi connectivity index (χ2v) is 7.84. The second-order valence-electron chi connectivity index (χ2n) is 7.06. The molecule has 1 amide bonds. The molecular formula is C17H24N4O2S. The number of aryl methyl sites for hydroxylation is 1. The van der Waals surface area contributed by atoms with Crippen LogP contribution in [-0.4, -0.2) is 57.6 Å². The van der Waals surface area contributed by atoms with E-state index < -0.39 is 0 Å². The lowest BCUT2D eigenvalue weighted by Crippen LogP contribution is -2.54. The van der Waals surface area contributed by atoms with E-state index in [1.54, 1.807) is 11.3 Å². The minimum absolute atomic E-state index is 0.164. The lowest BCUT2D eigenvalue weighted by molar-refractivity contribution is -0.133. The molecule has 0 unspecified atom stereocenters. The maximum absolute atomic E-state index is 12.4. The van der Waals surface area contributed by atoms with E-state index >= 15 is 0 Å². The average molecular weight is 348 g/mol. The Labute approximate surface area is 146 Å². The molecule has 24 heavy (non-hydrogen) atoms. The monoisotopic (exact) mass is 348 g/mol. The number of piperazine rings is 1. The molecule has 0 aromatic carbocycles. The molecular weight excluding hydrogens is 324 g/mol. The molecule has 0 N–H and O–H groups in total. The van der Waals surface area contributed by atoms with Gasteiger partial charge in [0.1, 0.15) is 0 Å². The summed E-state index contributed by atoms with van der Waals surface area (Å²) in [6, 6.07) is 1.96. The first-order valence-electron chi connectivity index (χ1n) is 8.31. The van der Waals surface area contributed by atoms with E-state index in [0.717, 1.165) is 31.7 Å². The van der Waals surface area contributed by atoms with Crippen LogP contribution in [0.5, 0.6) is 0 Å². The third kappa shape index (κ3) is 4.02. The van der Waals surface area contributed by atoms with Crippen molar-refractivity contribution in [3.05, 3.63) is 22.7 Å². The van der Waals surface area contributed by atoms with Crippen molar-refractivity contribution in [2.45, 2.75) is 39.2 Å². The molecule has 1 aliphatic heterocycles. The molecule has 6 nitrogen and oxygen atoms in total. The number of thiophene rings is 1. The number of amides is 1. The minimum Gasteiger partial charge on any atom is -0.340 e. The van der Waals surface area contributed by atoms with Gasteiger partial charge in [0.2, 0.25) is 17.6 Å². The van der Waals surface area contributed by atoms with Crippen molar-refractivity contribution < 1.29 is 9.32 Å². The van der Waals surface area contributed by atoms with E-state index in [0.29, 0.717) is 24.6 Å². The predicted molar refractivity (Wildman–Crippen MR) is 93.8 cm³/mol. The first-order chi connectivity index (χ1) is 11.4. The van der Waals surface area contributed by atoms with Crippen molar-refractivity contribution >= 4 is 17.2 Å². The number of rotatable bonds is 4. The standard InChI is InChI=1S/C17H24N4O2S/c1-17(2,3)21-9-7-20(8-10-21)15(22)5-4-14-18-16(19-23-14)13-6-11-24-12-13/h6,11-12H,4-5,7-10H2,1-3H3. The zero-order valence-electron chi connectivity index (χ0n) is 14.5. The summed E-state index contributed by atoms with van der Waals surface area (Å²) in [6.07, 6.45) is 0.913. The van der Waals surface area contributed by atoms with Gasteiger partial charge in [-0.1, -0.05) is 5.16 Å². The molecule has 0 aliphatic carbocycles. The SMILES string of the molecule is CC(C)(C)N1CCN(C(=O)CCc2nc(-c3ccsc3)no2)CC1. The summed E-state index contributed by atoms with van der Waals surface area (Å²) < 4.78 is 5.25. The molecule has 3 rings (SSSR count). The Hall–Kier alpha value is -1.73. The summed E-state index contributed by atoms with van der Waals surface area (Å²) in [5.41, 5.74) is 1.12. The molecule has 2 aromatic rings. The molecule has 2 aromatic heterocycles. The fourth-order valence-corrected chi connectivity index (χ4v) is 3.50. The van der Waals surface area contributed by atoms with Crippen LogP contribution in [0.3, 0.4) is 0 Å². The van der Waals surface area contributed by atoms with E-state index in [1.807, 2.05) is 21.7 Å². The molecule has 130 valence electrons. The number of aromatic nitrogens is 2. The van der Waals surface area contributed by atoms with Crippen molar-refractivity contribution in [1.82, 2.24) is 19.9 Å². The van der Waals surface area contributed by atoms with Crippen molar-refractivity contribution in [3.63, 3.8) is 0 Å². The van der Waals surface area contributed by atoms with Crippen molar-refractivity contribution in [2.75, 3.05) is 26.2 Å². The molecule has 3 heterocycles. The molecule has 0 saturated carbocycles. The molecule has 1 fully saturated rings. The quantitative estimate of drug-likeness (QED) is 0.850. The van der Waals surface area contributed by atoms with Crippen LogP contribution in [0.1, 0.15) is 33.1 Å². The highest BCUT2D eigenvalue weighted by molar-refractivity contribution is 7.08. The molecule has 0 radical (unpaired) electrons. The Morgan fingerprint density at radius 1 is 1.29 bits per heavy atom. The van der Waals surface area contributed by atoms with Gasteiger partial charge in [0.15, 0.2) is 0 Å². The van der Waals surface area contributed by atoms with Gasteiger partial charge >= 0.3 is 0 Å². The van der Waals surface area contributed by atoms with Gasteiger partial charge in [-0.25, -0.2) is 0 Å². The van der Waals surface area contributed by atoms with Crippen LogP contribution in [0, 0.1) is 0 Å². The van der Waals surface area contributed by atoms with E-state index in [4.69, 9.17) is 4.52 Å². The van der Waals surface area contributed by atoms with Crippen LogP contribution in [0.2, 0.25) is 0 Å². The smallest absolute Gasteiger partial charge is 0.227 e. The van der Waals surface area contributed by atoms with E-state index in [1.165, 1.54) is 0 Å². The van der Waals surface area contributed by atoms with Crippen molar-refractivity contribution in [1.29, 1.82) is 0 Å². The number of nitrogens with zero attached hydrogens (tertiary/aromatic N) is 4.